The summed E-state index contributed by atoms with van der Waals surface area (Å²) in [5.41, 5.74) is 5.30. The highest BCUT2D eigenvalue weighted by Crippen LogP contribution is 2.14. The summed E-state index contributed by atoms with van der Waals surface area (Å²) in [5, 5.41) is 5.44. The van der Waals surface area contributed by atoms with E-state index < -0.39 is 17.7 Å². The van der Waals surface area contributed by atoms with Crippen LogP contribution in [0.15, 0.2) is 47.1 Å². The number of methoxy groups -OCH3 is 1. The Morgan fingerprint density at radius 2 is 1.77 bits per heavy atom. The molecule has 2 rings (SSSR count). The maximum atomic E-state index is 11.7. The molecule has 0 radical (unpaired) electrons. The molecule has 9 nitrogen and oxygen atoms in total. The van der Waals surface area contributed by atoms with E-state index >= 15 is 0 Å². The SMILES string of the molecule is COc1ccc(NCC(=O)NNC(=O)CCNC(=O)c2ccco2)cc1. The van der Waals surface area contributed by atoms with Crippen LogP contribution in [-0.2, 0) is 9.59 Å². The van der Waals surface area contributed by atoms with Crippen LogP contribution in [0.3, 0.4) is 0 Å². The molecule has 0 spiro atoms. The summed E-state index contributed by atoms with van der Waals surface area (Å²) in [4.78, 5) is 34.9. The Bertz CT molecular complexity index is 728. The fourth-order valence-electron chi connectivity index (χ4n) is 1.92. The van der Waals surface area contributed by atoms with E-state index in [9.17, 15) is 14.4 Å². The number of amides is 3. The largest absolute Gasteiger partial charge is 0.497 e. The minimum atomic E-state index is -0.428. The van der Waals surface area contributed by atoms with E-state index in [0.29, 0.717) is 5.75 Å². The van der Waals surface area contributed by atoms with Crippen LogP contribution in [0.2, 0.25) is 0 Å². The molecule has 0 aliphatic heterocycles. The van der Waals surface area contributed by atoms with Crippen molar-refractivity contribution in [1.82, 2.24) is 16.2 Å². The lowest BCUT2D eigenvalue weighted by Crippen LogP contribution is -2.45. The third-order valence-corrected chi connectivity index (χ3v) is 3.27. The Morgan fingerprint density at radius 1 is 1.04 bits per heavy atom. The Hall–Kier alpha value is -3.49. The van der Waals surface area contributed by atoms with Crippen molar-refractivity contribution in [2.24, 2.45) is 0 Å². The molecule has 1 aromatic heterocycles. The molecule has 0 bridgehead atoms. The predicted octanol–water partition coefficient (Wildman–Crippen LogP) is 0.668. The zero-order chi connectivity index (χ0) is 18.8. The van der Waals surface area contributed by atoms with Gasteiger partial charge in [-0.3, -0.25) is 25.2 Å². The lowest BCUT2D eigenvalue weighted by molar-refractivity contribution is -0.127. The van der Waals surface area contributed by atoms with Crippen molar-refractivity contribution in [2.75, 3.05) is 25.5 Å². The molecule has 0 unspecified atom stereocenters. The minimum absolute atomic E-state index is 0.0121. The van der Waals surface area contributed by atoms with Gasteiger partial charge < -0.3 is 19.8 Å². The number of carbonyl (C=O) groups is 3. The standard InChI is InChI=1S/C17H20N4O5/c1-25-13-6-4-12(5-7-13)19-11-16(23)21-20-15(22)8-9-18-17(24)14-3-2-10-26-14/h2-7,10,19H,8-9,11H2,1H3,(H,18,24)(H,20,22)(H,21,23). The van der Waals surface area contributed by atoms with Crippen LogP contribution in [0, 0.1) is 0 Å². The van der Waals surface area contributed by atoms with Gasteiger partial charge in [0.15, 0.2) is 5.76 Å². The van der Waals surface area contributed by atoms with Gasteiger partial charge in [0.2, 0.25) is 5.91 Å². The number of benzene rings is 1. The van der Waals surface area contributed by atoms with E-state index in [-0.39, 0.29) is 25.3 Å². The minimum Gasteiger partial charge on any atom is -0.497 e. The van der Waals surface area contributed by atoms with Crippen LogP contribution >= 0.6 is 0 Å². The first-order valence-corrected chi connectivity index (χ1v) is 7.86. The van der Waals surface area contributed by atoms with E-state index in [2.05, 4.69) is 21.5 Å². The summed E-state index contributed by atoms with van der Waals surface area (Å²) in [5.74, 6) is -0.360. The number of hydrogen-bond donors (Lipinski definition) is 4. The number of hydrazine groups is 1. The summed E-state index contributed by atoms with van der Waals surface area (Å²) >= 11 is 0. The van der Waals surface area contributed by atoms with E-state index in [0.717, 1.165) is 5.69 Å². The number of ether oxygens (including phenoxy) is 1. The molecule has 2 aromatic rings. The van der Waals surface area contributed by atoms with Crippen molar-refractivity contribution in [1.29, 1.82) is 0 Å². The quantitative estimate of drug-likeness (QED) is 0.513. The Labute approximate surface area is 150 Å². The molecule has 0 aliphatic carbocycles. The molecular formula is C17H20N4O5. The molecule has 0 saturated heterocycles. The van der Waals surface area contributed by atoms with E-state index in [1.165, 1.54) is 12.3 Å². The number of hydrogen-bond acceptors (Lipinski definition) is 6. The molecule has 0 aliphatic rings. The maximum absolute atomic E-state index is 11.7. The van der Waals surface area contributed by atoms with Gasteiger partial charge >= 0.3 is 0 Å². The summed E-state index contributed by atoms with van der Waals surface area (Å²) < 4.78 is 9.97. The van der Waals surface area contributed by atoms with Crippen LogP contribution < -0.4 is 26.2 Å². The van der Waals surface area contributed by atoms with Gasteiger partial charge in [-0.05, 0) is 36.4 Å². The summed E-state index contributed by atoms with van der Waals surface area (Å²) in [7, 11) is 1.57. The Morgan fingerprint density at radius 3 is 2.42 bits per heavy atom. The average molecular weight is 360 g/mol. The van der Waals surface area contributed by atoms with Crippen molar-refractivity contribution >= 4 is 23.4 Å². The Balaban J connectivity index is 1.59. The molecule has 0 saturated carbocycles. The number of furan rings is 1. The fourth-order valence-corrected chi connectivity index (χ4v) is 1.92. The second-order valence-electron chi connectivity index (χ2n) is 5.16. The van der Waals surface area contributed by atoms with Gasteiger partial charge in [-0.15, -0.1) is 0 Å². The van der Waals surface area contributed by atoms with Crippen LogP contribution in [0.25, 0.3) is 0 Å². The average Bonchev–Trinajstić information content (AvgIpc) is 3.20. The molecule has 0 atom stereocenters. The summed E-state index contributed by atoms with van der Waals surface area (Å²) in [6, 6.07) is 10.2. The van der Waals surface area contributed by atoms with Gasteiger partial charge in [-0.2, -0.15) is 0 Å². The molecule has 9 heteroatoms. The highest BCUT2D eigenvalue weighted by atomic mass is 16.5. The highest BCUT2D eigenvalue weighted by Gasteiger charge is 2.09. The van der Waals surface area contributed by atoms with Crippen molar-refractivity contribution < 1.29 is 23.5 Å². The topological polar surface area (TPSA) is 122 Å². The van der Waals surface area contributed by atoms with Gasteiger partial charge in [0.05, 0.1) is 19.9 Å². The van der Waals surface area contributed by atoms with E-state index in [1.807, 2.05) is 0 Å². The lowest BCUT2D eigenvalue weighted by Gasteiger charge is -2.09. The van der Waals surface area contributed by atoms with Gasteiger partial charge in [0, 0.05) is 18.7 Å². The second-order valence-corrected chi connectivity index (χ2v) is 5.16. The first-order valence-electron chi connectivity index (χ1n) is 7.86. The smallest absolute Gasteiger partial charge is 0.286 e. The molecule has 1 heterocycles. The Kier molecular flexibility index (Phi) is 7.04. The van der Waals surface area contributed by atoms with Gasteiger partial charge in [0.1, 0.15) is 5.75 Å². The molecule has 138 valence electrons. The number of nitrogens with one attached hydrogen (secondary N) is 4. The zero-order valence-electron chi connectivity index (χ0n) is 14.2. The normalized spacial score (nSPS) is 9.88. The maximum Gasteiger partial charge on any atom is 0.286 e. The molecule has 0 fully saturated rings. The number of rotatable bonds is 8. The van der Waals surface area contributed by atoms with Gasteiger partial charge in [-0.25, -0.2) is 0 Å². The highest BCUT2D eigenvalue weighted by molar-refractivity contribution is 5.91. The van der Waals surface area contributed by atoms with Gasteiger partial charge in [-0.1, -0.05) is 0 Å². The third-order valence-electron chi connectivity index (χ3n) is 3.27. The molecule has 4 N–H and O–H groups in total. The summed E-state index contributed by atoms with van der Waals surface area (Å²) in [6.07, 6.45) is 1.40. The molecule has 1 aromatic carbocycles. The van der Waals surface area contributed by atoms with E-state index in [1.54, 1.807) is 37.4 Å². The number of carbonyl (C=O) groups excluding carboxylic acids is 3. The monoisotopic (exact) mass is 360 g/mol. The van der Waals surface area contributed by atoms with Crippen LogP contribution in [-0.4, -0.2) is 37.9 Å². The first kappa shape index (κ1) is 18.8. The fraction of sp³-hybridized carbons (Fsp3) is 0.235. The zero-order valence-corrected chi connectivity index (χ0v) is 14.2. The van der Waals surface area contributed by atoms with E-state index in [4.69, 9.17) is 9.15 Å². The third kappa shape index (κ3) is 6.19. The predicted molar refractivity (Wildman–Crippen MR) is 93.4 cm³/mol. The van der Waals surface area contributed by atoms with Crippen LogP contribution in [0.1, 0.15) is 17.0 Å². The van der Waals surface area contributed by atoms with Crippen molar-refractivity contribution in [3.8, 4) is 5.75 Å². The molecule has 26 heavy (non-hydrogen) atoms. The van der Waals surface area contributed by atoms with Crippen LogP contribution in [0.5, 0.6) is 5.75 Å². The lowest BCUT2D eigenvalue weighted by atomic mass is 10.3. The molecule has 3 amide bonds. The summed E-state index contributed by atoms with van der Waals surface area (Å²) in [6.45, 7) is 0.104. The van der Waals surface area contributed by atoms with Crippen molar-refractivity contribution in [3.05, 3.63) is 48.4 Å². The van der Waals surface area contributed by atoms with Gasteiger partial charge in [0.25, 0.3) is 11.8 Å². The van der Waals surface area contributed by atoms with Crippen LogP contribution in [0.4, 0.5) is 5.69 Å². The van der Waals surface area contributed by atoms with Crippen molar-refractivity contribution in [3.63, 3.8) is 0 Å². The first-order chi connectivity index (χ1) is 12.6. The van der Waals surface area contributed by atoms with Crippen molar-refractivity contribution in [2.45, 2.75) is 6.42 Å². The number of anilines is 1. The second kappa shape index (κ2) is 9.72. The molecular weight excluding hydrogens is 340 g/mol.